The van der Waals surface area contributed by atoms with Gasteiger partial charge in [0.25, 0.3) is 0 Å². The van der Waals surface area contributed by atoms with Crippen molar-refractivity contribution in [1.29, 1.82) is 0 Å². The van der Waals surface area contributed by atoms with Crippen LogP contribution in [0, 0.1) is 13.8 Å². The number of halogens is 1. The highest BCUT2D eigenvalue weighted by Gasteiger charge is 2.39. The molecule has 0 fully saturated rings. The van der Waals surface area contributed by atoms with Gasteiger partial charge in [-0.15, -0.1) is 0 Å². The van der Waals surface area contributed by atoms with E-state index in [1.807, 2.05) is 19.7 Å². The molecule has 0 aliphatic carbocycles. The van der Waals surface area contributed by atoms with E-state index in [9.17, 15) is 15.0 Å². The quantitative estimate of drug-likeness (QED) is 0.831. The average Bonchev–Trinajstić information content (AvgIpc) is 2.49. The van der Waals surface area contributed by atoms with Crippen LogP contribution in [0.4, 0.5) is 0 Å². The number of alkyl halides is 1. The molecule has 0 aliphatic rings. The zero-order chi connectivity index (χ0) is 16.0. The Morgan fingerprint density at radius 3 is 1.38 bits per heavy atom. The van der Waals surface area contributed by atoms with Gasteiger partial charge in [0.1, 0.15) is 0 Å². The van der Waals surface area contributed by atoms with Crippen LogP contribution in [-0.4, -0.2) is 22.0 Å². The van der Waals surface area contributed by atoms with Crippen LogP contribution in [0.25, 0.3) is 0 Å². The summed E-state index contributed by atoms with van der Waals surface area (Å²) in [5.74, 6) is 0.535. The first-order valence-corrected chi connectivity index (χ1v) is 8.01. The van der Waals surface area contributed by atoms with Gasteiger partial charge in [-0.3, -0.25) is 0 Å². The van der Waals surface area contributed by atoms with Gasteiger partial charge < -0.3 is 10.2 Å². The predicted octanol–water partition coefficient (Wildman–Crippen LogP) is 3.64. The van der Waals surface area contributed by atoms with Gasteiger partial charge in [0.2, 0.25) is 5.60 Å². The molecule has 0 radical (unpaired) electrons. The lowest BCUT2D eigenvalue weighted by atomic mass is 9.86. The third-order valence-electron chi connectivity index (χ3n) is 3.25. The first kappa shape index (κ1) is 17.4. The van der Waals surface area contributed by atoms with Crippen LogP contribution in [0.5, 0.6) is 0 Å². The Morgan fingerprint density at radius 2 is 1.14 bits per heavy atom. The number of carboxylic acid groups (broad SMARTS) is 1. The third kappa shape index (κ3) is 3.71. The van der Waals surface area contributed by atoms with Crippen molar-refractivity contribution in [3.8, 4) is 0 Å². The molecule has 2 N–H and O–H groups in total. The molecule has 2 rings (SSSR count). The highest BCUT2D eigenvalue weighted by Crippen LogP contribution is 2.30. The Morgan fingerprint density at radius 1 is 0.857 bits per heavy atom. The highest BCUT2D eigenvalue weighted by molar-refractivity contribution is 9.08. The van der Waals surface area contributed by atoms with Gasteiger partial charge in [-0.2, -0.15) is 0 Å². The fourth-order valence-corrected chi connectivity index (χ4v) is 2.00. The van der Waals surface area contributed by atoms with Crippen LogP contribution in [0.2, 0.25) is 0 Å². The fourth-order valence-electron chi connectivity index (χ4n) is 2.00. The van der Waals surface area contributed by atoms with E-state index in [0.717, 1.165) is 11.1 Å². The molecule has 0 bridgehead atoms. The lowest BCUT2D eigenvalue weighted by Gasteiger charge is -2.24. The topological polar surface area (TPSA) is 57.5 Å². The number of aliphatic hydroxyl groups is 1. The van der Waals surface area contributed by atoms with Gasteiger partial charge in [0, 0.05) is 0 Å². The van der Waals surface area contributed by atoms with E-state index in [1.54, 1.807) is 48.5 Å². The molecule has 0 unspecified atom stereocenters. The van der Waals surface area contributed by atoms with Gasteiger partial charge in [-0.1, -0.05) is 75.6 Å². The second kappa shape index (κ2) is 7.38. The van der Waals surface area contributed by atoms with E-state index in [2.05, 4.69) is 15.9 Å². The monoisotopic (exact) mass is 350 g/mol. The van der Waals surface area contributed by atoms with Crippen molar-refractivity contribution in [3.63, 3.8) is 0 Å². The Hall–Kier alpha value is -1.65. The summed E-state index contributed by atoms with van der Waals surface area (Å²) in [6, 6.07) is 13.7. The SMILES string of the molecule is CBr.Cc1ccc(C(O)(C(=O)O)c2ccc(C)cc2)cc1. The summed E-state index contributed by atoms with van der Waals surface area (Å²) in [5.41, 5.74) is 0.728. The van der Waals surface area contributed by atoms with Crippen molar-refractivity contribution < 1.29 is 15.0 Å². The van der Waals surface area contributed by atoms with E-state index < -0.39 is 11.6 Å². The standard InChI is InChI=1S/C16H16O3.CH3Br/c1-11-3-7-13(8-4-11)16(19,15(17)18)14-9-5-12(2)6-10-14;1-2/h3-10,19H,1-2H3,(H,17,18);1H3. The largest absolute Gasteiger partial charge is 0.479 e. The summed E-state index contributed by atoms with van der Waals surface area (Å²) in [7, 11) is 0. The molecule has 2 aromatic carbocycles. The van der Waals surface area contributed by atoms with Crippen LogP contribution in [0.3, 0.4) is 0 Å². The van der Waals surface area contributed by atoms with Crippen LogP contribution < -0.4 is 0 Å². The first-order chi connectivity index (χ1) is 9.94. The number of rotatable bonds is 3. The van der Waals surface area contributed by atoms with Gasteiger partial charge in [-0.05, 0) is 30.8 Å². The molecule has 0 atom stereocenters. The molecule has 0 aromatic heterocycles. The molecule has 0 saturated carbocycles. The normalized spacial score (nSPS) is 10.5. The van der Waals surface area contributed by atoms with Gasteiger partial charge >= 0.3 is 5.97 Å². The Balaban J connectivity index is 0.00000106. The summed E-state index contributed by atoms with van der Waals surface area (Å²) < 4.78 is 0. The maximum absolute atomic E-state index is 11.5. The number of carboxylic acids is 1. The predicted molar refractivity (Wildman–Crippen MR) is 87.8 cm³/mol. The molecular weight excluding hydrogens is 332 g/mol. The maximum Gasteiger partial charge on any atom is 0.345 e. The number of aliphatic carboxylic acids is 1. The van der Waals surface area contributed by atoms with Crippen molar-refractivity contribution in [2.24, 2.45) is 0 Å². The second-order valence-corrected chi connectivity index (χ2v) is 4.75. The molecule has 0 spiro atoms. The van der Waals surface area contributed by atoms with E-state index in [4.69, 9.17) is 0 Å². The van der Waals surface area contributed by atoms with Gasteiger partial charge in [0.15, 0.2) is 0 Å². The lowest BCUT2D eigenvalue weighted by Crippen LogP contribution is -2.36. The maximum atomic E-state index is 11.5. The fraction of sp³-hybridized carbons (Fsp3) is 0.235. The van der Waals surface area contributed by atoms with E-state index >= 15 is 0 Å². The van der Waals surface area contributed by atoms with Crippen LogP contribution >= 0.6 is 15.9 Å². The van der Waals surface area contributed by atoms with Crippen molar-refractivity contribution in [3.05, 3.63) is 70.8 Å². The molecule has 21 heavy (non-hydrogen) atoms. The molecule has 0 aliphatic heterocycles. The molecule has 4 heteroatoms. The number of benzene rings is 2. The summed E-state index contributed by atoms with van der Waals surface area (Å²) in [6.07, 6.45) is 0. The lowest BCUT2D eigenvalue weighted by molar-refractivity contribution is -0.155. The zero-order valence-corrected chi connectivity index (χ0v) is 13.9. The van der Waals surface area contributed by atoms with Crippen molar-refractivity contribution in [1.82, 2.24) is 0 Å². The Labute approximate surface area is 133 Å². The van der Waals surface area contributed by atoms with Gasteiger partial charge in [0.05, 0.1) is 0 Å². The summed E-state index contributed by atoms with van der Waals surface area (Å²) in [4.78, 5) is 11.5. The average molecular weight is 351 g/mol. The first-order valence-electron chi connectivity index (χ1n) is 6.42. The Bertz CT molecular complexity index is 543. The molecule has 112 valence electrons. The molecular formula is C17H19BrO3. The number of carbonyl (C=O) groups is 1. The molecule has 0 heterocycles. The van der Waals surface area contributed by atoms with E-state index in [0.29, 0.717) is 11.1 Å². The van der Waals surface area contributed by atoms with E-state index in [-0.39, 0.29) is 0 Å². The van der Waals surface area contributed by atoms with Crippen LogP contribution in [0.15, 0.2) is 48.5 Å². The Kier molecular flexibility index (Phi) is 6.12. The smallest absolute Gasteiger partial charge is 0.345 e. The second-order valence-electron chi connectivity index (χ2n) is 4.75. The summed E-state index contributed by atoms with van der Waals surface area (Å²) in [6.45, 7) is 3.82. The van der Waals surface area contributed by atoms with Crippen LogP contribution in [0.1, 0.15) is 22.3 Å². The molecule has 0 amide bonds. The number of aryl methyl sites for hydroxylation is 2. The third-order valence-corrected chi connectivity index (χ3v) is 3.25. The molecule has 3 nitrogen and oxygen atoms in total. The van der Waals surface area contributed by atoms with Crippen LogP contribution in [-0.2, 0) is 10.4 Å². The van der Waals surface area contributed by atoms with E-state index in [1.165, 1.54) is 0 Å². The summed E-state index contributed by atoms with van der Waals surface area (Å²) >= 11 is 2.94. The number of hydrogen-bond donors (Lipinski definition) is 2. The zero-order valence-electron chi connectivity index (χ0n) is 12.3. The molecule has 0 saturated heterocycles. The van der Waals surface area contributed by atoms with Crippen molar-refractivity contribution in [2.75, 3.05) is 5.83 Å². The minimum atomic E-state index is -2.01. The molecule has 2 aromatic rings. The number of hydrogen-bond acceptors (Lipinski definition) is 2. The van der Waals surface area contributed by atoms with Crippen molar-refractivity contribution >= 4 is 21.9 Å². The highest BCUT2D eigenvalue weighted by atomic mass is 79.9. The van der Waals surface area contributed by atoms with Gasteiger partial charge in [-0.25, -0.2) is 4.79 Å². The van der Waals surface area contributed by atoms with Crippen molar-refractivity contribution in [2.45, 2.75) is 19.4 Å². The minimum absolute atomic E-state index is 0.356. The minimum Gasteiger partial charge on any atom is -0.479 e. The summed E-state index contributed by atoms with van der Waals surface area (Å²) in [5, 5.41) is 20.0.